The van der Waals surface area contributed by atoms with Crippen molar-refractivity contribution in [3.05, 3.63) is 0 Å². The molecule has 0 radical (unpaired) electrons. The second kappa shape index (κ2) is 5.13. The lowest BCUT2D eigenvalue weighted by molar-refractivity contribution is 0.0101. The lowest BCUT2D eigenvalue weighted by atomic mass is 10.1. The molecule has 2 heteroatoms. The molecule has 0 aromatic carbocycles. The largest absolute Gasteiger partial charge is 0.378 e. The molecule has 2 N–H and O–H groups in total. The molecule has 14 heavy (non-hydrogen) atoms. The maximum Gasteiger partial charge on any atom is 0.0615 e. The minimum absolute atomic E-state index is 0.487. The third kappa shape index (κ3) is 2.48. The second-order valence-electron chi connectivity index (χ2n) is 4.95. The van der Waals surface area contributed by atoms with Gasteiger partial charge in [0.1, 0.15) is 0 Å². The Hall–Kier alpha value is -0.0800. The smallest absolute Gasteiger partial charge is 0.0615 e. The quantitative estimate of drug-likeness (QED) is 0.750. The van der Waals surface area contributed by atoms with E-state index in [9.17, 15) is 0 Å². The Labute approximate surface area is 87.2 Å². The Morgan fingerprint density at radius 2 is 1.79 bits per heavy atom. The molecule has 2 rings (SSSR count). The molecule has 0 heterocycles. The van der Waals surface area contributed by atoms with E-state index in [2.05, 4.69) is 0 Å². The van der Waals surface area contributed by atoms with Crippen LogP contribution in [0.5, 0.6) is 0 Å². The molecular weight excluding hydrogens is 174 g/mol. The van der Waals surface area contributed by atoms with Crippen molar-refractivity contribution < 1.29 is 4.74 Å². The summed E-state index contributed by atoms with van der Waals surface area (Å²) < 4.78 is 6.01. The SMILES string of the molecule is NCC1CCCC1OCC1CCCC1. The van der Waals surface area contributed by atoms with Crippen molar-refractivity contribution in [2.45, 2.75) is 51.0 Å². The van der Waals surface area contributed by atoms with Crippen LogP contribution in [0.4, 0.5) is 0 Å². The highest BCUT2D eigenvalue weighted by Crippen LogP contribution is 2.30. The fourth-order valence-electron chi connectivity index (χ4n) is 2.93. The first-order valence-corrected chi connectivity index (χ1v) is 6.22. The zero-order valence-corrected chi connectivity index (χ0v) is 9.08. The molecule has 0 spiro atoms. The van der Waals surface area contributed by atoms with Crippen molar-refractivity contribution >= 4 is 0 Å². The summed E-state index contributed by atoms with van der Waals surface area (Å²) >= 11 is 0. The first-order chi connectivity index (χ1) is 6.90. The minimum Gasteiger partial charge on any atom is -0.378 e. The third-order valence-electron chi connectivity index (χ3n) is 3.91. The molecule has 0 aromatic heterocycles. The van der Waals surface area contributed by atoms with Gasteiger partial charge in [-0.05, 0) is 44.1 Å². The van der Waals surface area contributed by atoms with Crippen molar-refractivity contribution in [3.8, 4) is 0 Å². The van der Waals surface area contributed by atoms with E-state index in [1.807, 2.05) is 0 Å². The fourth-order valence-corrected chi connectivity index (χ4v) is 2.93. The average Bonchev–Trinajstić information content (AvgIpc) is 2.85. The number of nitrogens with two attached hydrogens (primary N) is 1. The number of rotatable bonds is 4. The van der Waals surface area contributed by atoms with Gasteiger partial charge in [-0.1, -0.05) is 19.3 Å². The highest BCUT2D eigenvalue weighted by Gasteiger charge is 2.27. The molecule has 0 saturated heterocycles. The second-order valence-corrected chi connectivity index (χ2v) is 4.95. The van der Waals surface area contributed by atoms with Crippen LogP contribution in [-0.4, -0.2) is 19.3 Å². The van der Waals surface area contributed by atoms with Crippen molar-refractivity contribution in [1.29, 1.82) is 0 Å². The van der Waals surface area contributed by atoms with E-state index in [0.717, 1.165) is 19.1 Å². The van der Waals surface area contributed by atoms with E-state index in [1.54, 1.807) is 0 Å². The van der Waals surface area contributed by atoms with E-state index in [1.165, 1.54) is 44.9 Å². The lowest BCUT2D eigenvalue weighted by Gasteiger charge is -2.20. The van der Waals surface area contributed by atoms with Gasteiger partial charge in [0.05, 0.1) is 6.10 Å². The molecule has 82 valence electrons. The van der Waals surface area contributed by atoms with E-state index in [0.29, 0.717) is 12.0 Å². The summed E-state index contributed by atoms with van der Waals surface area (Å²) in [5.74, 6) is 1.51. The van der Waals surface area contributed by atoms with Crippen LogP contribution < -0.4 is 5.73 Å². The molecule has 0 aliphatic heterocycles. The molecule has 0 amide bonds. The number of ether oxygens (including phenoxy) is 1. The van der Waals surface area contributed by atoms with Crippen LogP contribution in [0.2, 0.25) is 0 Å². The van der Waals surface area contributed by atoms with Crippen LogP contribution in [0, 0.1) is 11.8 Å². The van der Waals surface area contributed by atoms with Gasteiger partial charge >= 0.3 is 0 Å². The molecule has 0 aromatic rings. The van der Waals surface area contributed by atoms with Gasteiger partial charge in [0.15, 0.2) is 0 Å². The summed E-state index contributed by atoms with van der Waals surface area (Å²) in [7, 11) is 0. The van der Waals surface area contributed by atoms with Crippen LogP contribution >= 0.6 is 0 Å². The Bertz CT molecular complexity index is 166. The lowest BCUT2D eigenvalue weighted by Crippen LogP contribution is -2.26. The number of hydrogen-bond acceptors (Lipinski definition) is 2. The van der Waals surface area contributed by atoms with Crippen LogP contribution in [0.1, 0.15) is 44.9 Å². The Morgan fingerprint density at radius 3 is 2.50 bits per heavy atom. The molecular formula is C12H23NO. The normalized spacial score (nSPS) is 34.1. The van der Waals surface area contributed by atoms with Gasteiger partial charge in [0.25, 0.3) is 0 Å². The maximum absolute atomic E-state index is 6.01. The highest BCUT2D eigenvalue weighted by atomic mass is 16.5. The molecule has 2 atom stereocenters. The Kier molecular flexibility index (Phi) is 3.82. The Morgan fingerprint density at radius 1 is 1.00 bits per heavy atom. The van der Waals surface area contributed by atoms with Crippen LogP contribution in [0.3, 0.4) is 0 Å². The maximum atomic E-state index is 6.01. The first-order valence-electron chi connectivity index (χ1n) is 6.22. The fraction of sp³-hybridized carbons (Fsp3) is 1.00. The van der Waals surface area contributed by atoms with Gasteiger partial charge in [-0.2, -0.15) is 0 Å². The van der Waals surface area contributed by atoms with Crippen molar-refractivity contribution in [2.24, 2.45) is 17.6 Å². The predicted molar refractivity (Wildman–Crippen MR) is 58.1 cm³/mol. The highest BCUT2D eigenvalue weighted by molar-refractivity contribution is 4.79. The van der Waals surface area contributed by atoms with Crippen LogP contribution in [0.15, 0.2) is 0 Å². The topological polar surface area (TPSA) is 35.2 Å². The molecule has 2 fully saturated rings. The van der Waals surface area contributed by atoms with Crippen molar-refractivity contribution in [3.63, 3.8) is 0 Å². The molecule has 0 bridgehead atoms. The summed E-state index contributed by atoms with van der Waals surface area (Å²) in [6.07, 6.45) is 9.94. The van der Waals surface area contributed by atoms with Crippen molar-refractivity contribution in [2.75, 3.05) is 13.2 Å². The van der Waals surface area contributed by atoms with Gasteiger partial charge in [-0.25, -0.2) is 0 Å². The molecule has 2 unspecified atom stereocenters. The summed E-state index contributed by atoms with van der Waals surface area (Å²) in [6, 6.07) is 0. The van der Waals surface area contributed by atoms with Gasteiger partial charge in [-0.15, -0.1) is 0 Å². The van der Waals surface area contributed by atoms with Gasteiger partial charge in [0, 0.05) is 6.61 Å². The van der Waals surface area contributed by atoms with E-state index in [4.69, 9.17) is 10.5 Å². The van der Waals surface area contributed by atoms with Gasteiger partial charge in [-0.3, -0.25) is 0 Å². The zero-order chi connectivity index (χ0) is 9.80. The summed E-state index contributed by atoms with van der Waals surface area (Å²) in [6.45, 7) is 1.82. The summed E-state index contributed by atoms with van der Waals surface area (Å²) in [5.41, 5.74) is 5.73. The van der Waals surface area contributed by atoms with E-state index < -0.39 is 0 Å². The number of hydrogen-bond donors (Lipinski definition) is 1. The molecule has 2 aliphatic rings. The van der Waals surface area contributed by atoms with Crippen LogP contribution in [0.25, 0.3) is 0 Å². The minimum atomic E-state index is 0.487. The summed E-state index contributed by atoms with van der Waals surface area (Å²) in [5, 5.41) is 0. The predicted octanol–water partition coefficient (Wildman–Crippen LogP) is 2.32. The zero-order valence-electron chi connectivity index (χ0n) is 9.08. The molecule has 2 aliphatic carbocycles. The third-order valence-corrected chi connectivity index (χ3v) is 3.91. The van der Waals surface area contributed by atoms with E-state index >= 15 is 0 Å². The van der Waals surface area contributed by atoms with Crippen molar-refractivity contribution in [1.82, 2.24) is 0 Å². The summed E-state index contributed by atoms with van der Waals surface area (Å²) in [4.78, 5) is 0. The first kappa shape index (κ1) is 10.4. The standard InChI is InChI=1S/C12H23NO/c13-8-11-6-3-7-12(11)14-9-10-4-1-2-5-10/h10-12H,1-9,13H2. The monoisotopic (exact) mass is 197 g/mol. The Balaban J connectivity index is 1.68. The van der Waals surface area contributed by atoms with E-state index in [-0.39, 0.29) is 0 Å². The van der Waals surface area contributed by atoms with Gasteiger partial charge < -0.3 is 10.5 Å². The van der Waals surface area contributed by atoms with Gasteiger partial charge in [0.2, 0.25) is 0 Å². The molecule has 2 saturated carbocycles. The molecule has 2 nitrogen and oxygen atoms in total. The average molecular weight is 197 g/mol. The van der Waals surface area contributed by atoms with Crippen LogP contribution in [-0.2, 0) is 4.74 Å².